The molecule has 1 heteroatoms. The minimum absolute atomic E-state index is 0.949. The molecule has 0 spiro atoms. The normalized spacial score (nSPS) is 12.3. The zero-order valence-corrected chi connectivity index (χ0v) is 9.92. The Morgan fingerprint density at radius 3 is 2.60 bits per heavy atom. The fourth-order valence-corrected chi connectivity index (χ4v) is 2.87. The van der Waals surface area contributed by atoms with Crippen LogP contribution in [0.1, 0.15) is 16.7 Å². The van der Waals surface area contributed by atoms with Crippen LogP contribution in [0.15, 0.2) is 42.5 Å². The molecule has 0 N–H and O–H groups in total. The first-order valence-electron chi connectivity index (χ1n) is 5.15. The van der Waals surface area contributed by atoms with E-state index in [0.717, 1.165) is 11.8 Å². The van der Waals surface area contributed by atoms with Crippen molar-refractivity contribution in [2.24, 2.45) is 0 Å². The first-order valence-corrected chi connectivity index (χ1v) is 6.27. The lowest BCUT2D eigenvalue weighted by molar-refractivity contribution is 1.21. The predicted octanol–water partition coefficient (Wildman–Crippen LogP) is 4.15. The standard InChI is InChI=1S/C14H11Br/c15-9-11-5-3-7-13-12-6-2-1-4-10(12)8-14(11)13/h1-7H,8-9H2. The second-order valence-corrected chi connectivity index (χ2v) is 4.47. The molecule has 2 aromatic carbocycles. The lowest BCUT2D eigenvalue weighted by atomic mass is 10.0. The van der Waals surface area contributed by atoms with E-state index in [2.05, 4.69) is 58.4 Å². The molecule has 0 atom stereocenters. The van der Waals surface area contributed by atoms with E-state index in [-0.39, 0.29) is 0 Å². The van der Waals surface area contributed by atoms with Crippen molar-refractivity contribution in [1.29, 1.82) is 0 Å². The molecule has 15 heavy (non-hydrogen) atoms. The van der Waals surface area contributed by atoms with Gasteiger partial charge in [0.05, 0.1) is 0 Å². The Morgan fingerprint density at radius 2 is 1.73 bits per heavy atom. The van der Waals surface area contributed by atoms with Crippen LogP contribution in [0.2, 0.25) is 0 Å². The van der Waals surface area contributed by atoms with E-state index in [1.807, 2.05) is 0 Å². The summed E-state index contributed by atoms with van der Waals surface area (Å²) in [5.41, 5.74) is 7.21. The van der Waals surface area contributed by atoms with Crippen molar-refractivity contribution in [3.63, 3.8) is 0 Å². The van der Waals surface area contributed by atoms with E-state index >= 15 is 0 Å². The van der Waals surface area contributed by atoms with Crippen LogP contribution < -0.4 is 0 Å². The van der Waals surface area contributed by atoms with Gasteiger partial charge in [-0.15, -0.1) is 0 Å². The number of fused-ring (bicyclic) bond motifs is 3. The summed E-state index contributed by atoms with van der Waals surface area (Å²) in [4.78, 5) is 0. The number of halogens is 1. The van der Waals surface area contributed by atoms with Crippen LogP contribution in [0.5, 0.6) is 0 Å². The molecule has 0 nitrogen and oxygen atoms in total. The van der Waals surface area contributed by atoms with Crippen molar-refractivity contribution in [2.75, 3.05) is 0 Å². The Kier molecular flexibility index (Phi) is 2.14. The lowest BCUT2D eigenvalue weighted by Crippen LogP contribution is -1.88. The van der Waals surface area contributed by atoms with Crippen LogP contribution in [0.3, 0.4) is 0 Å². The van der Waals surface area contributed by atoms with E-state index in [1.165, 1.54) is 27.8 Å². The SMILES string of the molecule is BrCc1cccc2c1Cc1ccccc1-2. The highest BCUT2D eigenvalue weighted by molar-refractivity contribution is 9.08. The van der Waals surface area contributed by atoms with E-state index in [9.17, 15) is 0 Å². The molecule has 1 aliphatic carbocycles. The summed E-state index contributed by atoms with van der Waals surface area (Å²) in [6.07, 6.45) is 1.09. The van der Waals surface area contributed by atoms with Gasteiger partial charge in [0.1, 0.15) is 0 Å². The highest BCUT2D eigenvalue weighted by Crippen LogP contribution is 2.38. The second-order valence-electron chi connectivity index (χ2n) is 3.91. The van der Waals surface area contributed by atoms with Gasteiger partial charge >= 0.3 is 0 Å². The summed E-state index contributed by atoms with van der Waals surface area (Å²) in [5, 5.41) is 0.949. The Balaban J connectivity index is 2.26. The van der Waals surface area contributed by atoms with Crippen molar-refractivity contribution < 1.29 is 0 Å². The maximum absolute atomic E-state index is 3.56. The van der Waals surface area contributed by atoms with Gasteiger partial charge < -0.3 is 0 Å². The molecule has 2 aromatic rings. The van der Waals surface area contributed by atoms with Gasteiger partial charge in [0.2, 0.25) is 0 Å². The van der Waals surface area contributed by atoms with Crippen molar-refractivity contribution in [2.45, 2.75) is 11.8 Å². The number of benzene rings is 2. The monoisotopic (exact) mass is 258 g/mol. The summed E-state index contributed by atoms with van der Waals surface area (Å²) in [6, 6.07) is 15.3. The Bertz CT molecular complexity index is 514. The second kappa shape index (κ2) is 3.49. The fourth-order valence-electron chi connectivity index (χ4n) is 2.35. The molecular weight excluding hydrogens is 248 g/mol. The minimum atomic E-state index is 0.949. The van der Waals surface area contributed by atoms with E-state index in [4.69, 9.17) is 0 Å². The number of rotatable bonds is 1. The van der Waals surface area contributed by atoms with Gasteiger partial charge in [-0.25, -0.2) is 0 Å². The fraction of sp³-hybridized carbons (Fsp3) is 0.143. The largest absolute Gasteiger partial charge is 0.0876 e. The Morgan fingerprint density at radius 1 is 0.933 bits per heavy atom. The van der Waals surface area contributed by atoms with Gasteiger partial charge in [0.25, 0.3) is 0 Å². The highest BCUT2D eigenvalue weighted by Gasteiger charge is 2.19. The smallest absolute Gasteiger partial charge is 0.0286 e. The van der Waals surface area contributed by atoms with Gasteiger partial charge in [-0.3, -0.25) is 0 Å². The quantitative estimate of drug-likeness (QED) is 0.576. The summed E-state index contributed by atoms with van der Waals surface area (Å²) >= 11 is 3.56. The average molecular weight is 259 g/mol. The summed E-state index contributed by atoms with van der Waals surface area (Å²) < 4.78 is 0. The number of alkyl halides is 1. The Labute approximate surface area is 98.1 Å². The van der Waals surface area contributed by atoms with Gasteiger partial charge in [-0.1, -0.05) is 58.4 Å². The van der Waals surface area contributed by atoms with Gasteiger partial charge in [-0.05, 0) is 34.2 Å². The van der Waals surface area contributed by atoms with E-state index in [0.29, 0.717) is 0 Å². The maximum atomic E-state index is 3.56. The number of hydrogen-bond donors (Lipinski definition) is 0. The van der Waals surface area contributed by atoms with Gasteiger partial charge in [-0.2, -0.15) is 0 Å². The first kappa shape index (κ1) is 9.17. The third-order valence-corrected chi connectivity index (χ3v) is 3.70. The van der Waals surface area contributed by atoms with Crippen LogP contribution in [0, 0.1) is 0 Å². The molecule has 0 aromatic heterocycles. The third-order valence-electron chi connectivity index (χ3n) is 3.09. The lowest BCUT2D eigenvalue weighted by Gasteiger charge is -2.04. The zero-order valence-electron chi connectivity index (χ0n) is 8.33. The van der Waals surface area contributed by atoms with Gasteiger partial charge in [0.15, 0.2) is 0 Å². The average Bonchev–Trinajstić information content (AvgIpc) is 2.67. The molecular formula is C14H11Br. The molecule has 0 amide bonds. The van der Waals surface area contributed by atoms with Gasteiger partial charge in [0, 0.05) is 5.33 Å². The molecule has 0 heterocycles. The topological polar surface area (TPSA) is 0 Å². The van der Waals surface area contributed by atoms with Crippen molar-refractivity contribution in [1.82, 2.24) is 0 Å². The van der Waals surface area contributed by atoms with Crippen LogP contribution in [-0.2, 0) is 11.8 Å². The van der Waals surface area contributed by atoms with Crippen molar-refractivity contribution >= 4 is 15.9 Å². The summed E-state index contributed by atoms with van der Waals surface area (Å²) in [7, 11) is 0. The van der Waals surface area contributed by atoms with Crippen molar-refractivity contribution in [3.05, 3.63) is 59.2 Å². The first-order chi connectivity index (χ1) is 7.40. The molecule has 74 valence electrons. The molecule has 0 radical (unpaired) electrons. The van der Waals surface area contributed by atoms with E-state index < -0.39 is 0 Å². The molecule has 0 aliphatic heterocycles. The summed E-state index contributed by atoms with van der Waals surface area (Å²) in [6.45, 7) is 0. The van der Waals surface area contributed by atoms with Crippen molar-refractivity contribution in [3.8, 4) is 11.1 Å². The predicted molar refractivity (Wildman–Crippen MR) is 67.3 cm³/mol. The summed E-state index contributed by atoms with van der Waals surface area (Å²) in [5.74, 6) is 0. The zero-order chi connectivity index (χ0) is 10.3. The third kappa shape index (κ3) is 1.34. The molecule has 3 rings (SSSR count). The maximum Gasteiger partial charge on any atom is 0.0286 e. The van der Waals surface area contributed by atoms with Crippen LogP contribution in [0.4, 0.5) is 0 Å². The molecule has 0 fully saturated rings. The van der Waals surface area contributed by atoms with E-state index in [1.54, 1.807) is 0 Å². The minimum Gasteiger partial charge on any atom is -0.0876 e. The van der Waals surface area contributed by atoms with Crippen LogP contribution >= 0.6 is 15.9 Å². The number of hydrogen-bond acceptors (Lipinski definition) is 0. The molecule has 1 aliphatic rings. The molecule has 0 unspecified atom stereocenters. The molecule has 0 saturated heterocycles. The molecule has 0 saturated carbocycles. The molecule has 0 bridgehead atoms. The van der Waals surface area contributed by atoms with Crippen LogP contribution in [-0.4, -0.2) is 0 Å². The Hall–Kier alpha value is -1.08. The highest BCUT2D eigenvalue weighted by atomic mass is 79.9. The van der Waals surface area contributed by atoms with Crippen LogP contribution in [0.25, 0.3) is 11.1 Å².